The van der Waals surface area contributed by atoms with Crippen LogP contribution >= 0.6 is 0 Å². The van der Waals surface area contributed by atoms with E-state index in [-0.39, 0.29) is 18.2 Å². The van der Waals surface area contributed by atoms with Gasteiger partial charge < -0.3 is 9.32 Å². The van der Waals surface area contributed by atoms with Gasteiger partial charge in [-0.25, -0.2) is 0 Å². The molecular formula is C16H15NO3. The molecule has 4 nitrogen and oxygen atoms in total. The van der Waals surface area contributed by atoms with E-state index in [1.54, 1.807) is 17.0 Å². The Bertz CT molecular complexity index is 631. The molecule has 0 fully saturated rings. The van der Waals surface area contributed by atoms with E-state index >= 15 is 0 Å². The Kier molecular flexibility index (Phi) is 3.37. The summed E-state index contributed by atoms with van der Waals surface area (Å²) in [5.74, 6) is 0.0658. The minimum Gasteiger partial charge on any atom is -0.461 e. The van der Waals surface area contributed by atoms with E-state index in [1.165, 1.54) is 6.26 Å². The highest BCUT2D eigenvalue weighted by Gasteiger charge is 2.24. The summed E-state index contributed by atoms with van der Waals surface area (Å²) in [6.07, 6.45) is 3.20. The molecule has 2 heterocycles. The van der Waals surface area contributed by atoms with Crippen LogP contribution in [0.2, 0.25) is 0 Å². The lowest BCUT2D eigenvalue weighted by Crippen LogP contribution is -2.35. The van der Waals surface area contributed by atoms with Crippen molar-refractivity contribution < 1.29 is 14.0 Å². The molecule has 2 aromatic rings. The first-order chi connectivity index (χ1) is 9.75. The standard InChI is InChI=1S/C16H15NO3/c18-14(15-8-4-10-20-15)11-17-9-3-6-12-5-1-2-7-13(12)16(17)19/h1-2,4-5,7-8,10H,3,6,9,11H2. The highest BCUT2D eigenvalue weighted by Crippen LogP contribution is 2.18. The Balaban J connectivity index is 1.81. The lowest BCUT2D eigenvalue weighted by Gasteiger charge is -2.19. The summed E-state index contributed by atoms with van der Waals surface area (Å²) in [7, 11) is 0. The van der Waals surface area contributed by atoms with Crippen LogP contribution in [0.3, 0.4) is 0 Å². The van der Waals surface area contributed by atoms with E-state index in [2.05, 4.69) is 0 Å². The van der Waals surface area contributed by atoms with Gasteiger partial charge in [-0.1, -0.05) is 18.2 Å². The molecule has 0 saturated carbocycles. The fourth-order valence-electron chi connectivity index (χ4n) is 2.52. The lowest BCUT2D eigenvalue weighted by molar-refractivity contribution is 0.0706. The number of benzene rings is 1. The van der Waals surface area contributed by atoms with Crippen LogP contribution in [0, 0.1) is 0 Å². The average Bonchev–Trinajstić information content (AvgIpc) is 2.95. The van der Waals surface area contributed by atoms with Crippen molar-refractivity contribution in [3.63, 3.8) is 0 Å². The third-order valence-electron chi connectivity index (χ3n) is 3.54. The number of ketones is 1. The number of carbonyl (C=O) groups excluding carboxylic acids is 2. The van der Waals surface area contributed by atoms with E-state index in [0.717, 1.165) is 18.4 Å². The first kappa shape index (κ1) is 12.7. The molecule has 0 bridgehead atoms. The van der Waals surface area contributed by atoms with Crippen molar-refractivity contribution in [3.8, 4) is 0 Å². The van der Waals surface area contributed by atoms with Crippen LogP contribution in [0.15, 0.2) is 47.1 Å². The number of hydrogen-bond donors (Lipinski definition) is 0. The Morgan fingerprint density at radius 3 is 2.85 bits per heavy atom. The lowest BCUT2D eigenvalue weighted by atomic mass is 10.0. The molecule has 1 aromatic heterocycles. The molecule has 1 aliphatic rings. The first-order valence-corrected chi connectivity index (χ1v) is 6.69. The van der Waals surface area contributed by atoms with Gasteiger partial charge in [-0.05, 0) is 36.6 Å². The van der Waals surface area contributed by atoms with Crippen LogP contribution in [-0.4, -0.2) is 29.7 Å². The molecule has 102 valence electrons. The second-order valence-electron chi connectivity index (χ2n) is 4.89. The highest BCUT2D eigenvalue weighted by molar-refractivity contribution is 6.01. The predicted molar refractivity (Wildman–Crippen MR) is 73.7 cm³/mol. The summed E-state index contributed by atoms with van der Waals surface area (Å²) in [5, 5.41) is 0. The number of amides is 1. The highest BCUT2D eigenvalue weighted by atomic mass is 16.3. The van der Waals surface area contributed by atoms with Gasteiger partial charge in [0.2, 0.25) is 5.78 Å². The van der Waals surface area contributed by atoms with Gasteiger partial charge in [-0.2, -0.15) is 0 Å². The zero-order chi connectivity index (χ0) is 13.9. The van der Waals surface area contributed by atoms with Crippen LogP contribution in [-0.2, 0) is 6.42 Å². The molecular weight excluding hydrogens is 254 g/mol. The zero-order valence-corrected chi connectivity index (χ0v) is 11.0. The molecule has 1 aliphatic heterocycles. The van der Waals surface area contributed by atoms with Gasteiger partial charge in [0, 0.05) is 12.1 Å². The number of carbonyl (C=O) groups is 2. The van der Waals surface area contributed by atoms with Gasteiger partial charge in [0.05, 0.1) is 12.8 Å². The molecule has 1 aromatic carbocycles. The molecule has 0 radical (unpaired) electrons. The van der Waals surface area contributed by atoms with E-state index in [9.17, 15) is 9.59 Å². The van der Waals surface area contributed by atoms with Crippen molar-refractivity contribution in [2.24, 2.45) is 0 Å². The Morgan fingerprint density at radius 1 is 1.20 bits per heavy atom. The quantitative estimate of drug-likeness (QED) is 0.805. The molecule has 0 N–H and O–H groups in total. The molecule has 20 heavy (non-hydrogen) atoms. The normalized spacial score (nSPS) is 14.8. The fraction of sp³-hybridized carbons (Fsp3) is 0.250. The molecule has 1 amide bonds. The largest absolute Gasteiger partial charge is 0.461 e. The van der Waals surface area contributed by atoms with Crippen molar-refractivity contribution in [1.29, 1.82) is 0 Å². The Labute approximate surface area is 117 Å². The van der Waals surface area contributed by atoms with Crippen LogP contribution in [0.1, 0.15) is 32.9 Å². The van der Waals surface area contributed by atoms with E-state index < -0.39 is 0 Å². The van der Waals surface area contributed by atoms with Crippen LogP contribution in [0.4, 0.5) is 0 Å². The minimum absolute atomic E-state index is 0.0701. The molecule has 0 unspecified atom stereocenters. The molecule has 0 saturated heterocycles. The van der Waals surface area contributed by atoms with Crippen LogP contribution in [0.25, 0.3) is 0 Å². The maximum atomic E-state index is 12.5. The zero-order valence-electron chi connectivity index (χ0n) is 11.0. The Hall–Kier alpha value is -2.36. The van der Waals surface area contributed by atoms with Gasteiger partial charge >= 0.3 is 0 Å². The minimum atomic E-state index is -0.164. The topological polar surface area (TPSA) is 50.5 Å². The number of Topliss-reactive ketones (excluding diaryl/α,β-unsaturated/α-hetero) is 1. The van der Waals surface area contributed by atoms with Crippen molar-refractivity contribution in [1.82, 2.24) is 4.90 Å². The van der Waals surface area contributed by atoms with Crippen LogP contribution < -0.4 is 0 Å². The monoisotopic (exact) mass is 269 g/mol. The van der Waals surface area contributed by atoms with Gasteiger partial charge in [0.15, 0.2) is 5.76 Å². The molecule has 0 spiro atoms. The summed E-state index contributed by atoms with van der Waals surface area (Å²) in [4.78, 5) is 26.1. The van der Waals surface area contributed by atoms with Gasteiger partial charge in [-0.15, -0.1) is 0 Å². The maximum Gasteiger partial charge on any atom is 0.254 e. The van der Waals surface area contributed by atoms with Crippen LogP contribution in [0.5, 0.6) is 0 Å². The maximum absolute atomic E-state index is 12.5. The average molecular weight is 269 g/mol. The summed E-state index contributed by atoms with van der Waals surface area (Å²) in [6.45, 7) is 0.667. The third kappa shape index (κ3) is 2.37. The Morgan fingerprint density at radius 2 is 2.05 bits per heavy atom. The summed E-state index contributed by atoms with van der Waals surface area (Å²) >= 11 is 0. The van der Waals surface area contributed by atoms with Crippen molar-refractivity contribution >= 4 is 11.7 Å². The predicted octanol–water partition coefficient (Wildman–Crippen LogP) is 2.55. The number of rotatable bonds is 3. The van der Waals surface area contributed by atoms with Crippen molar-refractivity contribution in [2.75, 3.05) is 13.1 Å². The SMILES string of the molecule is O=C(CN1CCCc2ccccc2C1=O)c1ccco1. The van der Waals surface area contributed by atoms with Gasteiger partial charge in [0.1, 0.15) is 0 Å². The molecule has 0 atom stereocenters. The van der Waals surface area contributed by atoms with Crippen molar-refractivity contribution in [2.45, 2.75) is 12.8 Å². The molecule has 4 heteroatoms. The number of fused-ring (bicyclic) bond motifs is 1. The number of nitrogens with zero attached hydrogens (tertiary/aromatic N) is 1. The van der Waals surface area contributed by atoms with E-state index in [4.69, 9.17) is 4.42 Å². The smallest absolute Gasteiger partial charge is 0.254 e. The van der Waals surface area contributed by atoms with Gasteiger partial charge in [0.25, 0.3) is 5.91 Å². The van der Waals surface area contributed by atoms with E-state index in [1.807, 2.05) is 24.3 Å². The van der Waals surface area contributed by atoms with Crippen molar-refractivity contribution in [3.05, 3.63) is 59.5 Å². The number of furan rings is 1. The fourth-order valence-corrected chi connectivity index (χ4v) is 2.52. The summed E-state index contributed by atoms with van der Waals surface area (Å²) in [5.41, 5.74) is 1.77. The second kappa shape index (κ2) is 5.33. The third-order valence-corrected chi connectivity index (χ3v) is 3.54. The molecule has 0 aliphatic carbocycles. The number of aryl methyl sites for hydroxylation is 1. The number of hydrogen-bond acceptors (Lipinski definition) is 3. The first-order valence-electron chi connectivity index (χ1n) is 6.69. The van der Waals surface area contributed by atoms with E-state index in [0.29, 0.717) is 17.9 Å². The summed E-state index contributed by atoms with van der Waals surface area (Å²) in [6, 6.07) is 10.9. The second-order valence-corrected chi connectivity index (χ2v) is 4.89. The summed E-state index contributed by atoms with van der Waals surface area (Å²) < 4.78 is 5.09. The van der Waals surface area contributed by atoms with Gasteiger partial charge in [-0.3, -0.25) is 9.59 Å². The molecule has 3 rings (SSSR count).